The van der Waals surface area contributed by atoms with Crippen LogP contribution in [-0.4, -0.2) is 49.6 Å². The van der Waals surface area contributed by atoms with Crippen molar-refractivity contribution >= 4 is 17.8 Å². The Balaban J connectivity index is 2.97. The van der Waals surface area contributed by atoms with E-state index < -0.39 is 23.9 Å². The van der Waals surface area contributed by atoms with Crippen molar-refractivity contribution in [2.24, 2.45) is 11.8 Å². The Hall–Kier alpha value is -1.59. The summed E-state index contributed by atoms with van der Waals surface area (Å²) in [5.74, 6) is -2.07. The van der Waals surface area contributed by atoms with E-state index in [1.807, 2.05) is 0 Å². The van der Waals surface area contributed by atoms with Gasteiger partial charge in [-0.3, -0.25) is 9.59 Å². The fraction of sp³-hybridized carbons (Fsp3) is 0.750. The summed E-state index contributed by atoms with van der Waals surface area (Å²) >= 11 is 0. The lowest BCUT2D eigenvalue weighted by Crippen LogP contribution is -2.47. The zero-order valence-corrected chi connectivity index (χ0v) is 11.1. The molecule has 6 heteroatoms. The van der Waals surface area contributed by atoms with Crippen molar-refractivity contribution in [1.29, 1.82) is 0 Å². The molecule has 0 spiro atoms. The van der Waals surface area contributed by atoms with Gasteiger partial charge in [0.1, 0.15) is 6.04 Å². The number of rotatable bonds is 3. The monoisotopic (exact) mass is 257 g/mol. The molecule has 0 bridgehead atoms. The molecule has 1 amide bonds. The second kappa shape index (κ2) is 5.84. The number of hydrogen-bond donors (Lipinski definition) is 0. The number of nitrogens with zero attached hydrogens (tertiary/aromatic N) is 1. The molecule has 0 N–H and O–H groups in total. The minimum atomic E-state index is -0.864. The van der Waals surface area contributed by atoms with E-state index in [0.717, 1.165) is 0 Å². The van der Waals surface area contributed by atoms with Gasteiger partial charge in [-0.25, -0.2) is 4.79 Å². The first kappa shape index (κ1) is 14.5. The molecule has 0 aliphatic carbocycles. The number of carbonyl (C=O) groups excluding carboxylic acids is 3. The van der Waals surface area contributed by atoms with Crippen LogP contribution in [0.1, 0.15) is 20.3 Å². The summed E-state index contributed by atoms with van der Waals surface area (Å²) in [6.07, 6.45) is 0.422. The van der Waals surface area contributed by atoms with E-state index in [1.54, 1.807) is 13.8 Å². The predicted molar refractivity (Wildman–Crippen MR) is 62.5 cm³/mol. The van der Waals surface area contributed by atoms with Crippen LogP contribution < -0.4 is 0 Å². The van der Waals surface area contributed by atoms with Crippen LogP contribution in [0, 0.1) is 11.8 Å². The highest BCUT2D eigenvalue weighted by atomic mass is 16.5. The second-order valence-corrected chi connectivity index (χ2v) is 4.57. The van der Waals surface area contributed by atoms with Crippen LogP contribution in [0.2, 0.25) is 0 Å². The van der Waals surface area contributed by atoms with Gasteiger partial charge in [0.05, 0.1) is 20.1 Å². The molecule has 0 aromatic carbocycles. The largest absolute Gasteiger partial charge is 0.469 e. The predicted octanol–water partition coefficient (Wildman–Crippen LogP) is 0.205. The maximum Gasteiger partial charge on any atom is 0.329 e. The van der Waals surface area contributed by atoms with Crippen LogP contribution in [0.4, 0.5) is 0 Å². The molecule has 1 fully saturated rings. The van der Waals surface area contributed by atoms with Gasteiger partial charge in [-0.15, -0.1) is 0 Å². The van der Waals surface area contributed by atoms with Gasteiger partial charge >= 0.3 is 11.9 Å². The third kappa shape index (κ3) is 2.63. The van der Waals surface area contributed by atoms with E-state index in [4.69, 9.17) is 0 Å². The number of methoxy groups -OCH3 is 2. The molecule has 0 radical (unpaired) electrons. The molecule has 0 aromatic heterocycles. The van der Waals surface area contributed by atoms with E-state index in [1.165, 1.54) is 19.1 Å². The van der Waals surface area contributed by atoms with Crippen LogP contribution in [-0.2, 0) is 23.9 Å². The molecule has 1 aliphatic heterocycles. The van der Waals surface area contributed by atoms with Crippen molar-refractivity contribution in [2.45, 2.75) is 26.3 Å². The van der Waals surface area contributed by atoms with Crippen molar-refractivity contribution in [3.63, 3.8) is 0 Å². The summed E-state index contributed by atoms with van der Waals surface area (Å²) in [6.45, 7) is 3.88. The highest BCUT2D eigenvalue weighted by Crippen LogP contribution is 2.28. The molecular weight excluding hydrogens is 238 g/mol. The fourth-order valence-corrected chi connectivity index (χ4v) is 2.18. The van der Waals surface area contributed by atoms with Crippen molar-refractivity contribution in [2.75, 3.05) is 20.8 Å². The lowest BCUT2D eigenvalue weighted by Gasteiger charge is -2.26. The Morgan fingerprint density at radius 2 is 1.67 bits per heavy atom. The van der Waals surface area contributed by atoms with Crippen LogP contribution in [0.25, 0.3) is 0 Å². The average Bonchev–Trinajstić information content (AvgIpc) is 2.80. The topological polar surface area (TPSA) is 72.9 Å². The molecule has 1 rings (SSSR count). The van der Waals surface area contributed by atoms with Gasteiger partial charge in [0.15, 0.2) is 0 Å². The van der Waals surface area contributed by atoms with Gasteiger partial charge in [0.25, 0.3) is 0 Å². The third-order valence-corrected chi connectivity index (χ3v) is 3.12. The molecule has 102 valence electrons. The first-order valence-corrected chi connectivity index (χ1v) is 5.90. The number of esters is 2. The maximum atomic E-state index is 12.0. The van der Waals surface area contributed by atoms with E-state index >= 15 is 0 Å². The molecule has 0 saturated carbocycles. The first-order valence-electron chi connectivity index (χ1n) is 5.90. The smallest absolute Gasteiger partial charge is 0.329 e. The normalized spacial score (nSPS) is 23.1. The maximum absolute atomic E-state index is 12.0. The molecule has 0 unspecified atom stereocenters. The molecule has 18 heavy (non-hydrogen) atoms. The van der Waals surface area contributed by atoms with Crippen LogP contribution in [0.5, 0.6) is 0 Å². The number of carbonyl (C=O) groups is 3. The Kier molecular flexibility index (Phi) is 4.69. The molecule has 1 saturated heterocycles. The van der Waals surface area contributed by atoms with Crippen molar-refractivity contribution < 1.29 is 23.9 Å². The van der Waals surface area contributed by atoms with E-state index in [-0.39, 0.29) is 11.8 Å². The van der Waals surface area contributed by atoms with Gasteiger partial charge in [-0.05, 0) is 6.42 Å². The molecule has 1 aliphatic rings. The molecule has 2 atom stereocenters. The summed E-state index contributed by atoms with van der Waals surface area (Å²) < 4.78 is 9.34. The van der Waals surface area contributed by atoms with Gasteiger partial charge < -0.3 is 14.4 Å². The van der Waals surface area contributed by atoms with Crippen molar-refractivity contribution in [1.82, 2.24) is 4.90 Å². The fourth-order valence-electron chi connectivity index (χ4n) is 2.18. The summed E-state index contributed by atoms with van der Waals surface area (Å²) in [4.78, 5) is 36.8. The zero-order chi connectivity index (χ0) is 13.9. The Morgan fingerprint density at radius 1 is 1.11 bits per heavy atom. The summed E-state index contributed by atoms with van der Waals surface area (Å²) in [5.41, 5.74) is 0. The zero-order valence-electron chi connectivity index (χ0n) is 11.1. The standard InChI is InChI=1S/C12H19NO5/c1-7(2)10(14)13-6-5-8(11(15)17-3)9(13)12(16)18-4/h7-9H,5-6H2,1-4H3/t8-,9+/m0/s1. The highest BCUT2D eigenvalue weighted by Gasteiger charge is 2.47. The number of amides is 1. The van der Waals surface area contributed by atoms with E-state index in [2.05, 4.69) is 9.47 Å². The Morgan fingerprint density at radius 3 is 2.11 bits per heavy atom. The summed E-state index contributed by atoms with van der Waals surface area (Å²) in [6, 6.07) is -0.864. The van der Waals surface area contributed by atoms with Gasteiger partial charge in [-0.2, -0.15) is 0 Å². The number of ether oxygens (including phenoxy) is 2. The Labute approximate surface area is 106 Å². The second-order valence-electron chi connectivity index (χ2n) is 4.57. The molecule has 1 heterocycles. The van der Waals surface area contributed by atoms with Crippen LogP contribution in [0.15, 0.2) is 0 Å². The number of hydrogen-bond acceptors (Lipinski definition) is 5. The third-order valence-electron chi connectivity index (χ3n) is 3.12. The molecular formula is C12H19NO5. The van der Waals surface area contributed by atoms with Crippen molar-refractivity contribution in [3.8, 4) is 0 Å². The van der Waals surface area contributed by atoms with Crippen LogP contribution >= 0.6 is 0 Å². The molecule has 0 aromatic rings. The first-order chi connectivity index (χ1) is 8.43. The number of likely N-dealkylation sites (tertiary alicyclic amines) is 1. The van der Waals surface area contributed by atoms with Crippen LogP contribution in [0.3, 0.4) is 0 Å². The average molecular weight is 257 g/mol. The lowest BCUT2D eigenvalue weighted by molar-refractivity contribution is -0.159. The van der Waals surface area contributed by atoms with Gasteiger partial charge in [-0.1, -0.05) is 13.8 Å². The minimum absolute atomic E-state index is 0.156. The van der Waals surface area contributed by atoms with E-state index in [0.29, 0.717) is 13.0 Å². The van der Waals surface area contributed by atoms with Gasteiger partial charge in [0.2, 0.25) is 5.91 Å². The summed E-state index contributed by atoms with van der Waals surface area (Å²) in [5, 5.41) is 0. The lowest BCUT2D eigenvalue weighted by atomic mass is 10.0. The Bertz CT molecular complexity index is 352. The van der Waals surface area contributed by atoms with Gasteiger partial charge in [0, 0.05) is 12.5 Å². The molecule has 6 nitrogen and oxygen atoms in total. The SMILES string of the molecule is COC(=O)[C@H]1CCN(C(=O)C(C)C)[C@H]1C(=O)OC. The van der Waals surface area contributed by atoms with E-state index in [9.17, 15) is 14.4 Å². The summed E-state index contributed by atoms with van der Waals surface area (Å²) in [7, 11) is 2.51. The quantitative estimate of drug-likeness (QED) is 0.676. The highest BCUT2D eigenvalue weighted by molar-refractivity contribution is 5.91. The van der Waals surface area contributed by atoms with Crippen molar-refractivity contribution in [3.05, 3.63) is 0 Å². The minimum Gasteiger partial charge on any atom is -0.469 e.